The molecule has 7 heteroatoms. The zero-order valence-electron chi connectivity index (χ0n) is 17.2. The number of rotatable bonds is 6. The summed E-state index contributed by atoms with van der Waals surface area (Å²) in [5, 5.41) is 7.44. The number of aryl methyl sites for hydroxylation is 2. The summed E-state index contributed by atoms with van der Waals surface area (Å²) in [4.78, 5) is 23.7. The van der Waals surface area contributed by atoms with Crippen LogP contribution in [0.1, 0.15) is 57.0 Å². The van der Waals surface area contributed by atoms with E-state index >= 15 is 0 Å². The van der Waals surface area contributed by atoms with Gasteiger partial charge in [-0.15, -0.1) is 0 Å². The molecule has 1 saturated heterocycles. The van der Waals surface area contributed by atoms with Crippen LogP contribution < -0.4 is 5.32 Å². The molecule has 1 N–H and O–H groups in total. The maximum Gasteiger partial charge on any atom is 0.252 e. The van der Waals surface area contributed by atoms with E-state index in [1.807, 2.05) is 13.8 Å². The van der Waals surface area contributed by atoms with E-state index in [2.05, 4.69) is 46.1 Å². The second kappa shape index (κ2) is 7.92. The molecule has 1 unspecified atom stereocenters. The highest BCUT2D eigenvalue weighted by Crippen LogP contribution is 2.19. The van der Waals surface area contributed by atoms with Gasteiger partial charge in [-0.25, -0.2) is 9.50 Å². The van der Waals surface area contributed by atoms with Gasteiger partial charge in [-0.1, -0.05) is 6.92 Å². The molecule has 3 rings (SSSR count). The van der Waals surface area contributed by atoms with Crippen molar-refractivity contribution in [1.82, 2.24) is 29.8 Å². The Kier molecular flexibility index (Phi) is 5.79. The number of carbonyl (C=O) groups is 1. The summed E-state index contributed by atoms with van der Waals surface area (Å²) in [6.45, 7) is 13.7. The molecule has 2 aromatic rings. The van der Waals surface area contributed by atoms with Gasteiger partial charge >= 0.3 is 0 Å². The summed E-state index contributed by atoms with van der Waals surface area (Å²) in [7, 11) is 0. The number of nitrogens with zero attached hydrogens (tertiary/aromatic N) is 5. The van der Waals surface area contributed by atoms with Crippen LogP contribution in [0.25, 0.3) is 5.78 Å². The predicted molar refractivity (Wildman–Crippen MR) is 106 cm³/mol. The minimum Gasteiger partial charge on any atom is -0.350 e. The molecule has 1 atom stereocenters. The SMILES string of the molecule is Cc1nc2ncnn2c(C)c1CCC(=O)NC(C)(C)CN1CCCC(C)C1. The van der Waals surface area contributed by atoms with Gasteiger partial charge in [-0.3, -0.25) is 4.79 Å². The summed E-state index contributed by atoms with van der Waals surface area (Å²) in [5.41, 5.74) is 2.77. The second-order valence-electron chi connectivity index (χ2n) is 8.65. The number of hydrogen-bond acceptors (Lipinski definition) is 5. The first kappa shape index (κ1) is 19.7. The molecule has 1 aliphatic rings. The number of aromatic nitrogens is 4. The largest absolute Gasteiger partial charge is 0.350 e. The van der Waals surface area contributed by atoms with Crippen LogP contribution in [0.2, 0.25) is 0 Å². The Morgan fingerprint density at radius 2 is 2.15 bits per heavy atom. The van der Waals surface area contributed by atoms with Gasteiger partial charge < -0.3 is 10.2 Å². The summed E-state index contributed by atoms with van der Waals surface area (Å²) in [5.74, 6) is 1.44. The molecule has 0 radical (unpaired) electrons. The van der Waals surface area contributed by atoms with Gasteiger partial charge in [0.1, 0.15) is 6.33 Å². The Labute approximate surface area is 161 Å². The number of piperidine rings is 1. The molecule has 0 saturated carbocycles. The topological polar surface area (TPSA) is 75.4 Å². The number of likely N-dealkylation sites (tertiary alicyclic amines) is 1. The van der Waals surface area contributed by atoms with Crippen LogP contribution in [0.5, 0.6) is 0 Å². The van der Waals surface area contributed by atoms with Crippen molar-refractivity contribution in [2.24, 2.45) is 5.92 Å². The number of fused-ring (bicyclic) bond motifs is 1. The molecule has 0 spiro atoms. The average molecular weight is 373 g/mol. The third-order valence-corrected chi connectivity index (χ3v) is 5.43. The number of carbonyl (C=O) groups excluding carboxylic acids is 1. The first-order valence-electron chi connectivity index (χ1n) is 9.94. The molecule has 0 aromatic carbocycles. The Hall–Kier alpha value is -2.02. The number of hydrogen-bond donors (Lipinski definition) is 1. The van der Waals surface area contributed by atoms with Crippen molar-refractivity contribution in [3.63, 3.8) is 0 Å². The fraction of sp³-hybridized carbons (Fsp3) is 0.700. The molecule has 7 nitrogen and oxygen atoms in total. The smallest absolute Gasteiger partial charge is 0.252 e. The van der Waals surface area contributed by atoms with Crippen LogP contribution in [0.3, 0.4) is 0 Å². The van der Waals surface area contributed by atoms with E-state index in [-0.39, 0.29) is 11.4 Å². The predicted octanol–water partition coefficient (Wildman–Crippen LogP) is 2.30. The van der Waals surface area contributed by atoms with Gasteiger partial charge in [0.2, 0.25) is 5.91 Å². The maximum atomic E-state index is 12.6. The fourth-order valence-corrected chi connectivity index (χ4v) is 4.22. The first-order valence-corrected chi connectivity index (χ1v) is 9.94. The fourth-order valence-electron chi connectivity index (χ4n) is 4.22. The van der Waals surface area contributed by atoms with E-state index in [0.717, 1.165) is 42.5 Å². The van der Waals surface area contributed by atoms with Crippen molar-refractivity contribution in [3.8, 4) is 0 Å². The van der Waals surface area contributed by atoms with E-state index in [1.165, 1.54) is 19.2 Å². The van der Waals surface area contributed by atoms with Crippen LogP contribution in [-0.4, -0.2) is 55.6 Å². The molecule has 148 valence electrons. The Balaban J connectivity index is 1.57. The van der Waals surface area contributed by atoms with Gasteiger partial charge in [-0.2, -0.15) is 10.1 Å². The molecular weight excluding hydrogens is 340 g/mol. The molecule has 1 fully saturated rings. The normalized spacial score (nSPS) is 18.8. The highest BCUT2D eigenvalue weighted by molar-refractivity contribution is 5.77. The molecular formula is C20H32N6O. The van der Waals surface area contributed by atoms with E-state index in [1.54, 1.807) is 4.52 Å². The van der Waals surface area contributed by atoms with Gasteiger partial charge in [0, 0.05) is 36.4 Å². The van der Waals surface area contributed by atoms with Crippen molar-refractivity contribution >= 4 is 11.7 Å². The van der Waals surface area contributed by atoms with E-state index < -0.39 is 0 Å². The van der Waals surface area contributed by atoms with Crippen molar-refractivity contribution in [1.29, 1.82) is 0 Å². The third-order valence-electron chi connectivity index (χ3n) is 5.43. The third kappa shape index (κ3) is 4.83. The zero-order chi connectivity index (χ0) is 19.6. The van der Waals surface area contributed by atoms with Gasteiger partial charge in [0.25, 0.3) is 5.78 Å². The summed E-state index contributed by atoms with van der Waals surface area (Å²) in [6.07, 6.45) is 5.18. The van der Waals surface area contributed by atoms with Gasteiger partial charge in [0.05, 0.1) is 0 Å². The summed E-state index contributed by atoms with van der Waals surface area (Å²) < 4.78 is 1.74. The zero-order valence-corrected chi connectivity index (χ0v) is 17.2. The lowest BCUT2D eigenvalue weighted by molar-refractivity contribution is -0.122. The molecule has 3 heterocycles. The van der Waals surface area contributed by atoms with Crippen molar-refractivity contribution in [2.45, 2.75) is 65.8 Å². The van der Waals surface area contributed by atoms with Crippen LogP contribution >= 0.6 is 0 Å². The maximum absolute atomic E-state index is 12.6. The molecule has 0 bridgehead atoms. The highest BCUT2D eigenvalue weighted by Gasteiger charge is 2.26. The lowest BCUT2D eigenvalue weighted by atomic mass is 9.97. The van der Waals surface area contributed by atoms with Crippen molar-refractivity contribution < 1.29 is 4.79 Å². The van der Waals surface area contributed by atoms with E-state index in [9.17, 15) is 4.79 Å². The second-order valence-corrected chi connectivity index (χ2v) is 8.65. The van der Waals surface area contributed by atoms with E-state index in [0.29, 0.717) is 18.6 Å². The molecule has 0 aliphatic carbocycles. The van der Waals surface area contributed by atoms with Crippen molar-refractivity contribution in [2.75, 3.05) is 19.6 Å². The molecule has 1 aliphatic heterocycles. The van der Waals surface area contributed by atoms with Crippen LogP contribution in [0.15, 0.2) is 6.33 Å². The van der Waals surface area contributed by atoms with Crippen LogP contribution in [0, 0.1) is 19.8 Å². The molecule has 27 heavy (non-hydrogen) atoms. The standard InChI is InChI=1S/C20H32N6O/c1-14-7-6-10-25(11-14)12-20(4,5)24-18(27)9-8-17-15(2)23-19-21-13-22-26(19)16(17)3/h13-14H,6-12H2,1-5H3,(H,24,27). The monoisotopic (exact) mass is 372 g/mol. The Morgan fingerprint density at radius 3 is 2.89 bits per heavy atom. The minimum atomic E-state index is -0.230. The number of nitrogens with one attached hydrogen (secondary N) is 1. The Bertz CT molecular complexity index is 812. The highest BCUT2D eigenvalue weighted by atomic mass is 16.1. The molecule has 1 amide bonds. The van der Waals surface area contributed by atoms with E-state index in [4.69, 9.17) is 0 Å². The number of amides is 1. The first-order chi connectivity index (χ1) is 12.7. The summed E-state index contributed by atoms with van der Waals surface area (Å²) >= 11 is 0. The van der Waals surface area contributed by atoms with Gasteiger partial charge in [0.15, 0.2) is 0 Å². The quantitative estimate of drug-likeness (QED) is 0.842. The van der Waals surface area contributed by atoms with Crippen LogP contribution in [0.4, 0.5) is 0 Å². The van der Waals surface area contributed by atoms with Gasteiger partial charge in [-0.05, 0) is 65.0 Å². The summed E-state index contributed by atoms with van der Waals surface area (Å²) in [6, 6.07) is 0. The Morgan fingerprint density at radius 1 is 1.37 bits per heavy atom. The molecule has 2 aromatic heterocycles. The average Bonchev–Trinajstić information content (AvgIpc) is 3.02. The van der Waals surface area contributed by atoms with Crippen molar-refractivity contribution in [3.05, 3.63) is 23.3 Å². The lowest BCUT2D eigenvalue weighted by Crippen LogP contribution is -2.53. The minimum absolute atomic E-state index is 0.0857. The lowest BCUT2D eigenvalue weighted by Gasteiger charge is -2.37. The van der Waals surface area contributed by atoms with Crippen LogP contribution in [-0.2, 0) is 11.2 Å².